The topological polar surface area (TPSA) is 87.0 Å². The first-order chi connectivity index (χ1) is 9.58. The number of carbonyl (C=O) groups is 1. The Balaban J connectivity index is 2.24. The van der Waals surface area contributed by atoms with E-state index in [1.54, 1.807) is 18.2 Å². The van der Waals surface area contributed by atoms with Gasteiger partial charge in [-0.05, 0) is 42.4 Å². The largest absolute Gasteiger partial charge is 0.478 e. The number of rotatable bonds is 5. The number of hydrogen-bond acceptors (Lipinski definition) is 4. The molecular weight excluding hydrogens is 260 g/mol. The molecule has 0 bridgehead atoms. The van der Waals surface area contributed by atoms with E-state index in [1.807, 2.05) is 6.07 Å². The lowest BCUT2D eigenvalue weighted by molar-refractivity contribution is -0.0578. The van der Waals surface area contributed by atoms with Crippen LogP contribution in [0.4, 0.5) is 0 Å². The van der Waals surface area contributed by atoms with Crippen molar-refractivity contribution in [3.8, 4) is 0 Å². The summed E-state index contributed by atoms with van der Waals surface area (Å²) < 4.78 is 5.33. The van der Waals surface area contributed by atoms with Crippen molar-refractivity contribution in [3.05, 3.63) is 35.4 Å². The highest BCUT2D eigenvalue weighted by atomic mass is 16.5. The number of benzene rings is 1. The van der Waals surface area contributed by atoms with Crippen molar-refractivity contribution in [1.82, 2.24) is 0 Å². The molecule has 0 radical (unpaired) electrons. The van der Waals surface area contributed by atoms with Crippen LogP contribution in [0, 0.1) is 5.92 Å². The van der Waals surface area contributed by atoms with Crippen LogP contribution < -0.4 is 0 Å². The van der Waals surface area contributed by atoms with E-state index in [0.29, 0.717) is 13.2 Å². The first-order valence-electron chi connectivity index (χ1n) is 6.85. The fourth-order valence-corrected chi connectivity index (χ4v) is 2.85. The highest BCUT2D eigenvalue weighted by molar-refractivity contribution is 5.87. The molecule has 20 heavy (non-hydrogen) atoms. The molecule has 1 fully saturated rings. The first kappa shape index (κ1) is 15.0. The second kappa shape index (κ2) is 6.83. The molecule has 5 nitrogen and oxygen atoms in total. The molecule has 1 aromatic rings. The molecule has 1 aliphatic rings. The van der Waals surface area contributed by atoms with Crippen molar-refractivity contribution in [2.45, 2.75) is 31.5 Å². The lowest BCUT2D eigenvalue weighted by atomic mass is 9.79. The van der Waals surface area contributed by atoms with Gasteiger partial charge in [-0.25, -0.2) is 4.79 Å². The van der Waals surface area contributed by atoms with E-state index in [9.17, 15) is 15.0 Å². The van der Waals surface area contributed by atoms with Crippen LogP contribution in [0.15, 0.2) is 24.3 Å². The molecular formula is C15H20O5. The summed E-state index contributed by atoms with van der Waals surface area (Å²) in [6, 6.07) is 6.73. The zero-order valence-corrected chi connectivity index (χ0v) is 11.2. The number of aliphatic hydroxyl groups is 2. The molecule has 1 atom stereocenters. The molecule has 2 rings (SSSR count). The summed E-state index contributed by atoms with van der Waals surface area (Å²) in [6.07, 6.45) is 0.535. The van der Waals surface area contributed by atoms with Crippen LogP contribution in [-0.2, 0) is 4.74 Å². The van der Waals surface area contributed by atoms with Gasteiger partial charge in [-0.1, -0.05) is 12.1 Å². The van der Waals surface area contributed by atoms with Gasteiger partial charge in [0.25, 0.3) is 0 Å². The smallest absolute Gasteiger partial charge is 0.335 e. The third-order valence-corrected chi connectivity index (χ3v) is 3.86. The van der Waals surface area contributed by atoms with Crippen molar-refractivity contribution in [3.63, 3.8) is 0 Å². The Morgan fingerprint density at radius 2 is 2.00 bits per heavy atom. The zero-order valence-electron chi connectivity index (χ0n) is 11.2. The molecule has 1 aliphatic heterocycles. The molecule has 0 spiro atoms. The second-order valence-corrected chi connectivity index (χ2v) is 5.20. The molecule has 5 heteroatoms. The number of hydrogen-bond donors (Lipinski definition) is 3. The summed E-state index contributed by atoms with van der Waals surface area (Å²) in [6.45, 7) is 1.34. The van der Waals surface area contributed by atoms with Crippen LogP contribution in [0.1, 0.15) is 41.1 Å². The Bertz CT molecular complexity index is 451. The quantitative estimate of drug-likeness (QED) is 0.713. The predicted molar refractivity (Wildman–Crippen MR) is 72.5 cm³/mol. The Labute approximate surface area is 117 Å². The van der Waals surface area contributed by atoms with Crippen LogP contribution in [-0.4, -0.2) is 40.8 Å². The molecule has 1 aromatic carbocycles. The van der Waals surface area contributed by atoms with Gasteiger partial charge in [0.05, 0.1) is 5.56 Å². The number of carboxylic acids is 1. The van der Waals surface area contributed by atoms with E-state index in [1.165, 1.54) is 0 Å². The van der Waals surface area contributed by atoms with Crippen LogP contribution in [0.25, 0.3) is 0 Å². The van der Waals surface area contributed by atoms with E-state index < -0.39 is 12.3 Å². The summed E-state index contributed by atoms with van der Waals surface area (Å²) in [5.41, 5.74) is 1.08. The molecule has 110 valence electrons. The Kier molecular flexibility index (Phi) is 5.11. The van der Waals surface area contributed by atoms with Gasteiger partial charge in [0.15, 0.2) is 6.29 Å². The fraction of sp³-hybridized carbons (Fsp3) is 0.533. The average Bonchev–Trinajstić information content (AvgIpc) is 2.45. The van der Waals surface area contributed by atoms with Crippen molar-refractivity contribution in [2.24, 2.45) is 5.92 Å². The van der Waals surface area contributed by atoms with Gasteiger partial charge >= 0.3 is 5.97 Å². The van der Waals surface area contributed by atoms with E-state index in [0.717, 1.165) is 18.4 Å². The van der Waals surface area contributed by atoms with Crippen molar-refractivity contribution >= 4 is 5.97 Å². The highest BCUT2D eigenvalue weighted by Crippen LogP contribution is 2.35. The third kappa shape index (κ3) is 3.79. The summed E-state index contributed by atoms with van der Waals surface area (Å²) in [4.78, 5) is 11.1. The van der Waals surface area contributed by atoms with Crippen LogP contribution in [0.5, 0.6) is 0 Å². The molecule has 0 amide bonds. The van der Waals surface area contributed by atoms with Crippen LogP contribution in [0.2, 0.25) is 0 Å². The van der Waals surface area contributed by atoms with E-state index in [-0.39, 0.29) is 23.8 Å². The minimum atomic E-state index is -1.39. The molecule has 1 saturated heterocycles. The monoisotopic (exact) mass is 280 g/mol. The van der Waals surface area contributed by atoms with Gasteiger partial charge < -0.3 is 20.1 Å². The Morgan fingerprint density at radius 1 is 1.30 bits per heavy atom. The van der Waals surface area contributed by atoms with E-state index >= 15 is 0 Å². The van der Waals surface area contributed by atoms with Crippen molar-refractivity contribution < 1.29 is 24.9 Å². The average molecular weight is 280 g/mol. The number of carboxylic acid groups (broad SMARTS) is 1. The first-order valence-corrected chi connectivity index (χ1v) is 6.85. The zero-order chi connectivity index (χ0) is 14.5. The van der Waals surface area contributed by atoms with Gasteiger partial charge in [0, 0.05) is 19.6 Å². The lowest BCUT2D eigenvalue weighted by Gasteiger charge is -2.31. The minimum Gasteiger partial charge on any atom is -0.478 e. The predicted octanol–water partition coefficient (Wildman–Crippen LogP) is 1.60. The van der Waals surface area contributed by atoms with E-state index in [2.05, 4.69) is 0 Å². The van der Waals surface area contributed by atoms with Crippen LogP contribution >= 0.6 is 0 Å². The van der Waals surface area contributed by atoms with E-state index in [4.69, 9.17) is 9.84 Å². The van der Waals surface area contributed by atoms with Crippen molar-refractivity contribution in [2.75, 3.05) is 13.2 Å². The number of aromatic carboxylic acids is 1. The summed E-state index contributed by atoms with van der Waals surface area (Å²) in [7, 11) is 0. The van der Waals surface area contributed by atoms with Gasteiger partial charge in [-0.2, -0.15) is 0 Å². The standard InChI is InChI=1S/C15H20O5/c16-14(17)9-13(10-4-6-20-7-5-10)11-2-1-3-12(8-11)15(18)19/h1-3,8,10,13-14,16-17H,4-7,9H2,(H,18,19). The van der Waals surface area contributed by atoms with Crippen molar-refractivity contribution in [1.29, 1.82) is 0 Å². The number of ether oxygens (including phenoxy) is 1. The summed E-state index contributed by atoms with van der Waals surface area (Å²) in [5.74, 6) is -0.741. The van der Waals surface area contributed by atoms with Crippen LogP contribution in [0.3, 0.4) is 0 Å². The lowest BCUT2D eigenvalue weighted by Crippen LogP contribution is -2.25. The van der Waals surface area contributed by atoms with Gasteiger partial charge in [-0.15, -0.1) is 0 Å². The molecule has 1 unspecified atom stereocenters. The maximum Gasteiger partial charge on any atom is 0.335 e. The van der Waals surface area contributed by atoms with Gasteiger partial charge in [-0.3, -0.25) is 0 Å². The molecule has 3 N–H and O–H groups in total. The van der Waals surface area contributed by atoms with Gasteiger partial charge in [0.2, 0.25) is 0 Å². The molecule has 0 aliphatic carbocycles. The SMILES string of the molecule is O=C(O)c1cccc(C(CC(O)O)C2CCOCC2)c1. The number of aliphatic hydroxyl groups excluding tert-OH is 1. The highest BCUT2D eigenvalue weighted by Gasteiger charge is 2.27. The minimum absolute atomic E-state index is 0.0572. The molecule has 1 heterocycles. The molecule has 0 saturated carbocycles. The molecule has 0 aromatic heterocycles. The summed E-state index contributed by atoms with van der Waals surface area (Å²) in [5, 5.41) is 27.7. The normalized spacial score (nSPS) is 18.1. The fourth-order valence-electron chi connectivity index (χ4n) is 2.85. The maximum atomic E-state index is 11.1. The Morgan fingerprint density at radius 3 is 2.60 bits per heavy atom. The second-order valence-electron chi connectivity index (χ2n) is 5.20. The Hall–Kier alpha value is -1.43. The summed E-state index contributed by atoms with van der Waals surface area (Å²) >= 11 is 0. The third-order valence-electron chi connectivity index (χ3n) is 3.86. The van der Waals surface area contributed by atoms with Gasteiger partial charge in [0.1, 0.15) is 0 Å². The maximum absolute atomic E-state index is 11.1.